The Morgan fingerprint density at radius 2 is 2.19 bits per heavy atom. The second-order valence-electron chi connectivity index (χ2n) is 6.19. The molecule has 1 saturated carbocycles. The van der Waals surface area contributed by atoms with Crippen molar-refractivity contribution in [1.82, 2.24) is 0 Å². The van der Waals surface area contributed by atoms with Crippen LogP contribution in [0.4, 0.5) is 0 Å². The number of benzene rings is 1. The van der Waals surface area contributed by atoms with Crippen LogP contribution in [0.15, 0.2) is 30.3 Å². The van der Waals surface area contributed by atoms with Gasteiger partial charge in [-0.05, 0) is 37.7 Å². The molecule has 0 aliphatic heterocycles. The quantitative estimate of drug-likeness (QED) is 0.774. The fourth-order valence-electron chi connectivity index (χ4n) is 3.62. The second-order valence-corrected chi connectivity index (χ2v) is 6.19. The van der Waals surface area contributed by atoms with Gasteiger partial charge in [0.05, 0.1) is 12.7 Å². The van der Waals surface area contributed by atoms with Gasteiger partial charge in [0.2, 0.25) is 0 Å². The van der Waals surface area contributed by atoms with Crippen molar-refractivity contribution in [3.05, 3.63) is 35.9 Å². The molecule has 1 aromatic rings. The van der Waals surface area contributed by atoms with Crippen LogP contribution >= 0.6 is 0 Å². The highest BCUT2D eigenvalue weighted by Crippen LogP contribution is 2.49. The molecule has 0 bridgehead atoms. The van der Waals surface area contributed by atoms with E-state index in [1.54, 1.807) is 6.92 Å². The van der Waals surface area contributed by atoms with E-state index in [4.69, 9.17) is 4.74 Å². The summed E-state index contributed by atoms with van der Waals surface area (Å²) >= 11 is 0. The third-order valence-corrected chi connectivity index (χ3v) is 4.55. The molecule has 1 unspecified atom stereocenters. The minimum absolute atomic E-state index is 0.276. The van der Waals surface area contributed by atoms with Gasteiger partial charge in [-0.3, -0.25) is 4.79 Å². The summed E-state index contributed by atoms with van der Waals surface area (Å²) in [4.78, 5) is 12.2. The summed E-state index contributed by atoms with van der Waals surface area (Å²) in [5, 5.41) is 9.56. The third kappa shape index (κ3) is 3.44. The maximum Gasteiger partial charge on any atom is 0.323 e. The SMILES string of the molecule is CCOC(=O)C(C#N)[C@@]1(Cc2ccccc2)CC[C@@H](C)C1. The van der Waals surface area contributed by atoms with Gasteiger partial charge in [0.15, 0.2) is 0 Å². The van der Waals surface area contributed by atoms with E-state index in [1.807, 2.05) is 18.2 Å². The summed E-state index contributed by atoms with van der Waals surface area (Å²) in [7, 11) is 0. The molecule has 1 aliphatic carbocycles. The fraction of sp³-hybridized carbons (Fsp3) is 0.556. The number of esters is 1. The summed E-state index contributed by atoms with van der Waals surface area (Å²) in [5.74, 6) is -0.466. The normalized spacial score (nSPS) is 26.0. The van der Waals surface area contributed by atoms with Crippen molar-refractivity contribution in [3.63, 3.8) is 0 Å². The lowest BCUT2D eigenvalue weighted by molar-refractivity contribution is -0.150. The largest absolute Gasteiger partial charge is 0.465 e. The summed E-state index contributed by atoms with van der Waals surface area (Å²) in [5.41, 5.74) is 0.915. The molecule has 0 spiro atoms. The van der Waals surface area contributed by atoms with E-state index in [-0.39, 0.29) is 11.4 Å². The molecule has 112 valence electrons. The molecular formula is C18H23NO2. The number of nitrogens with zero attached hydrogens (tertiary/aromatic N) is 1. The molecule has 2 rings (SSSR count). The van der Waals surface area contributed by atoms with Crippen LogP contribution in [0.1, 0.15) is 38.7 Å². The Bertz CT molecular complexity index is 520. The fourth-order valence-corrected chi connectivity index (χ4v) is 3.62. The lowest BCUT2D eigenvalue weighted by atomic mass is 9.70. The van der Waals surface area contributed by atoms with Gasteiger partial charge in [0, 0.05) is 5.41 Å². The van der Waals surface area contributed by atoms with Crippen LogP contribution in [-0.2, 0) is 16.0 Å². The van der Waals surface area contributed by atoms with E-state index in [1.165, 1.54) is 5.56 Å². The molecule has 1 fully saturated rings. The standard InChI is InChI=1S/C18H23NO2/c1-3-21-17(20)16(13-19)18(10-9-14(2)11-18)12-15-7-5-4-6-8-15/h4-8,14,16H,3,9-12H2,1-2H3/t14-,16?,18+/m1/s1. The second kappa shape index (κ2) is 6.76. The van der Waals surface area contributed by atoms with Crippen LogP contribution in [0, 0.1) is 28.6 Å². The Morgan fingerprint density at radius 3 is 2.71 bits per heavy atom. The first-order chi connectivity index (χ1) is 10.1. The third-order valence-electron chi connectivity index (χ3n) is 4.55. The molecule has 0 radical (unpaired) electrons. The zero-order valence-corrected chi connectivity index (χ0v) is 12.8. The zero-order chi connectivity index (χ0) is 15.3. The lowest BCUT2D eigenvalue weighted by Crippen LogP contribution is -2.36. The summed E-state index contributed by atoms with van der Waals surface area (Å²) in [6.45, 7) is 4.31. The van der Waals surface area contributed by atoms with Crippen molar-refractivity contribution in [2.45, 2.75) is 39.5 Å². The van der Waals surface area contributed by atoms with E-state index in [9.17, 15) is 10.1 Å². The lowest BCUT2D eigenvalue weighted by Gasteiger charge is -2.32. The molecule has 1 aliphatic rings. The van der Waals surface area contributed by atoms with E-state index < -0.39 is 5.92 Å². The highest BCUT2D eigenvalue weighted by Gasteiger charge is 2.48. The molecule has 3 nitrogen and oxygen atoms in total. The van der Waals surface area contributed by atoms with Crippen LogP contribution in [0.3, 0.4) is 0 Å². The predicted molar refractivity (Wildman–Crippen MR) is 81.3 cm³/mol. The van der Waals surface area contributed by atoms with Gasteiger partial charge in [-0.15, -0.1) is 0 Å². The molecule has 0 saturated heterocycles. The van der Waals surface area contributed by atoms with Crippen molar-refractivity contribution in [3.8, 4) is 6.07 Å². The Kier molecular flexibility index (Phi) is 5.01. The van der Waals surface area contributed by atoms with E-state index in [0.717, 1.165) is 25.7 Å². The first-order valence-corrected chi connectivity index (χ1v) is 7.71. The molecule has 0 N–H and O–H groups in total. The van der Waals surface area contributed by atoms with Gasteiger partial charge in [-0.1, -0.05) is 43.7 Å². The van der Waals surface area contributed by atoms with Gasteiger partial charge < -0.3 is 4.74 Å². The van der Waals surface area contributed by atoms with E-state index >= 15 is 0 Å². The number of hydrogen-bond donors (Lipinski definition) is 0. The minimum Gasteiger partial charge on any atom is -0.465 e. The molecule has 1 aromatic carbocycles. The molecule has 21 heavy (non-hydrogen) atoms. The molecule has 3 heteroatoms. The molecular weight excluding hydrogens is 262 g/mol. The van der Waals surface area contributed by atoms with Gasteiger partial charge in [-0.25, -0.2) is 0 Å². The minimum atomic E-state index is -0.664. The average Bonchev–Trinajstić information content (AvgIpc) is 2.83. The number of hydrogen-bond acceptors (Lipinski definition) is 3. The maximum absolute atomic E-state index is 12.2. The molecule has 0 amide bonds. The van der Waals surface area contributed by atoms with E-state index in [0.29, 0.717) is 12.5 Å². The van der Waals surface area contributed by atoms with E-state index in [2.05, 4.69) is 25.1 Å². The van der Waals surface area contributed by atoms with Gasteiger partial charge in [-0.2, -0.15) is 5.26 Å². The number of ether oxygens (including phenoxy) is 1. The average molecular weight is 285 g/mol. The van der Waals surface area contributed by atoms with Crippen LogP contribution in [0.2, 0.25) is 0 Å². The van der Waals surface area contributed by atoms with Crippen LogP contribution < -0.4 is 0 Å². The van der Waals surface area contributed by atoms with Crippen molar-refractivity contribution < 1.29 is 9.53 Å². The summed E-state index contributed by atoms with van der Waals surface area (Å²) < 4.78 is 5.14. The van der Waals surface area contributed by atoms with Crippen LogP contribution in [0.25, 0.3) is 0 Å². The van der Waals surface area contributed by atoms with Crippen molar-refractivity contribution >= 4 is 5.97 Å². The monoisotopic (exact) mass is 285 g/mol. The summed E-state index contributed by atoms with van der Waals surface area (Å²) in [6, 6.07) is 12.4. The Hall–Kier alpha value is -1.82. The van der Waals surface area contributed by atoms with Gasteiger partial charge in [0.25, 0.3) is 0 Å². The molecule has 0 aromatic heterocycles. The van der Waals surface area contributed by atoms with Gasteiger partial charge >= 0.3 is 5.97 Å². The zero-order valence-electron chi connectivity index (χ0n) is 12.8. The number of rotatable bonds is 5. The highest BCUT2D eigenvalue weighted by molar-refractivity contribution is 5.76. The van der Waals surface area contributed by atoms with Crippen molar-refractivity contribution in [2.75, 3.05) is 6.61 Å². The van der Waals surface area contributed by atoms with Crippen molar-refractivity contribution in [2.24, 2.45) is 17.3 Å². The first-order valence-electron chi connectivity index (χ1n) is 7.71. The predicted octanol–water partition coefficient (Wildman–Crippen LogP) is 3.74. The number of nitriles is 1. The first kappa shape index (κ1) is 15.6. The van der Waals surface area contributed by atoms with Crippen molar-refractivity contribution in [1.29, 1.82) is 5.26 Å². The Labute approximate surface area is 126 Å². The van der Waals surface area contributed by atoms with Crippen LogP contribution in [0.5, 0.6) is 0 Å². The molecule has 3 atom stereocenters. The molecule has 0 heterocycles. The smallest absolute Gasteiger partial charge is 0.323 e. The number of carbonyl (C=O) groups excluding carboxylic acids is 1. The number of carbonyl (C=O) groups is 1. The topological polar surface area (TPSA) is 50.1 Å². The van der Waals surface area contributed by atoms with Gasteiger partial charge in [0.1, 0.15) is 5.92 Å². The maximum atomic E-state index is 12.2. The highest BCUT2D eigenvalue weighted by atomic mass is 16.5. The Balaban J connectivity index is 2.29. The Morgan fingerprint density at radius 1 is 1.48 bits per heavy atom. The summed E-state index contributed by atoms with van der Waals surface area (Å²) in [6.07, 6.45) is 3.68. The van der Waals surface area contributed by atoms with Crippen LogP contribution in [-0.4, -0.2) is 12.6 Å².